The molecule has 2 saturated carbocycles. The molecule has 18 heavy (non-hydrogen) atoms. The smallest absolute Gasteiger partial charge is 0.127 e. The first-order valence-corrected chi connectivity index (χ1v) is 8.13. The minimum atomic E-state index is -0.148. The second kappa shape index (κ2) is 4.79. The van der Waals surface area contributed by atoms with E-state index in [0.717, 1.165) is 29.2 Å². The van der Waals surface area contributed by atoms with Crippen LogP contribution in [0.2, 0.25) is 5.02 Å². The van der Waals surface area contributed by atoms with Gasteiger partial charge in [-0.2, -0.15) is 0 Å². The van der Waals surface area contributed by atoms with Gasteiger partial charge in [-0.15, -0.1) is 0 Å². The first-order chi connectivity index (χ1) is 8.63. The zero-order valence-electron chi connectivity index (χ0n) is 10.3. The summed E-state index contributed by atoms with van der Waals surface area (Å²) < 4.78 is 14.0. The second-order valence-electron chi connectivity index (χ2n) is 5.99. The molecule has 0 saturated heterocycles. The highest BCUT2D eigenvalue weighted by Crippen LogP contribution is 2.58. The highest BCUT2D eigenvalue weighted by molar-refractivity contribution is 9.09. The molecule has 2 fully saturated rings. The lowest BCUT2D eigenvalue weighted by Gasteiger charge is -2.36. The van der Waals surface area contributed by atoms with Crippen molar-refractivity contribution in [1.29, 1.82) is 0 Å². The molecule has 3 atom stereocenters. The second-order valence-corrected chi connectivity index (χ2v) is 6.99. The summed E-state index contributed by atoms with van der Waals surface area (Å²) in [4.78, 5) is 0. The van der Waals surface area contributed by atoms with Gasteiger partial charge in [0.1, 0.15) is 5.82 Å². The van der Waals surface area contributed by atoms with Crippen LogP contribution in [0.4, 0.5) is 4.39 Å². The van der Waals surface area contributed by atoms with Gasteiger partial charge in [-0.3, -0.25) is 0 Å². The Hall–Kier alpha value is -0.0800. The number of rotatable bonds is 3. The molecule has 0 N–H and O–H groups in total. The van der Waals surface area contributed by atoms with Crippen molar-refractivity contribution in [2.45, 2.75) is 32.1 Å². The molecule has 3 rings (SSSR count). The van der Waals surface area contributed by atoms with Gasteiger partial charge in [-0.1, -0.05) is 40.0 Å². The molecule has 2 aliphatic carbocycles. The number of alkyl halides is 1. The van der Waals surface area contributed by atoms with Crippen LogP contribution in [0.1, 0.15) is 31.2 Å². The largest absolute Gasteiger partial charge is 0.207 e. The Morgan fingerprint density at radius 3 is 2.78 bits per heavy atom. The molecular weight excluding hydrogens is 315 g/mol. The van der Waals surface area contributed by atoms with E-state index >= 15 is 0 Å². The van der Waals surface area contributed by atoms with E-state index in [0.29, 0.717) is 5.02 Å². The molecule has 2 aliphatic rings. The fraction of sp³-hybridized carbons (Fsp3) is 0.600. The molecule has 3 unspecified atom stereocenters. The third kappa shape index (κ3) is 2.12. The molecule has 0 aromatic heterocycles. The topological polar surface area (TPSA) is 0 Å². The van der Waals surface area contributed by atoms with Crippen LogP contribution >= 0.6 is 27.5 Å². The zero-order chi connectivity index (χ0) is 12.8. The SMILES string of the molecule is Fc1cc(Cl)ccc1CC1(CBr)CC2CCC1C2. The Kier molecular flexibility index (Phi) is 3.44. The van der Waals surface area contributed by atoms with Crippen LogP contribution in [0.5, 0.6) is 0 Å². The molecule has 2 bridgehead atoms. The van der Waals surface area contributed by atoms with Crippen molar-refractivity contribution in [3.63, 3.8) is 0 Å². The summed E-state index contributed by atoms with van der Waals surface area (Å²) in [6.07, 6.45) is 6.15. The molecule has 1 aromatic carbocycles. The maximum atomic E-state index is 14.0. The lowest BCUT2D eigenvalue weighted by Crippen LogP contribution is -2.32. The number of hydrogen-bond donors (Lipinski definition) is 0. The lowest BCUT2D eigenvalue weighted by molar-refractivity contribution is 0.195. The predicted molar refractivity (Wildman–Crippen MR) is 76.8 cm³/mol. The normalized spacial score (nSPS) is 34.2. The Morgan fingerprint density at radius 1 is 1.39 bits per heavy atom. The molecule has 0 spiro atoms. The van der Waals surface area contributed by atoms with E-state index in [4.69, 9.17) is 11.6 Å². The van der Waals surface area contributed by atoms with Crippen LogP contribution in [0.25, 0.3) is 0 Å². The van der Waals surface area contributed by atoms with Gasteiger partial charge in [0, 0.05) is 10.4 Å². The highest BCUT2D eigenvalue weighted by atomic mass is 79.9. The Morgan fingerprint density at radius 2 is 2.22 bits per heavy atom. The number of hydrogen-bond acceptors (Lipinski definition) is 0. The van der Waals surface area contributed by atoms with Gasteiger partial charge in [-0.25, -0.2) is 4.39 Å². The molecule has 3 heteroatoms. The monoisotopic (exact) mass is 330 g/mol. The van der Waals surface area contributed by atoms with Crippen LogP contribution in [0.3, 0.4) is 0 Å². The number of benzene rings is 1. The van der Waals surface area contributed by atoms with Gasteiger partial charge in [-0.05, 0) is 60.6 Å². The minimum Gasteiger partial charge on any atom is -0.207 e. The van der Waals surface area contributed by atoms with E-state index in [2.05, 4.69) is 15.9 Å². The zero-order valence-corrected chi connectivity index (χ0v) is 12.6. The predicted octanol–water partition coefficient (Wildman–Crippen LogP) is 5.22. The van der Waals surface area contributed by atoms with Gasteiger partial charge in [0.05, 0.1) is 0 Å². The van der Waals surface area contributed by atoms with Gasteiger partial charge >= 0.3 is 0 Å². The summed E-state index contributed by atoms with van der Waals surface area (Å²) >= 11 is 9.50. The van der Waals surface area contributed by atoms with E-state index in [1.807, 2.05) is 6.07 Å². The van der Waals surface area contributed by atoms with Crippen LogP contribution in [0, 0.1) is 23.1 Å². The molecule has 0 amide bonds. The summed E-state index contributed by atoms with van der Waals surface area (Å²) in [7, 11) is 0. The lowest BCUT2D eigenvalue weighted by atomic mass is 9.71. The maximum absolute atomic E-state index is 14.0. The van der Waals surface area contributed by atoms with E-state index in [1.54, 1.807) is 6.07 Å². The molecule has 98 valence electrons. The standard InChI is InChI=1S/C15H17BrClF/c16-9-15(7-10-1-3-12(15)5-10)8-11-2-4-13(17)6-14(11)18/h2,4,6,10,12H,1,3,5,7-9H2. The number of fused-ring (bicyclic) bond motifs is 2. The van der Waals surface area contributed by atoms with Gasteiger partial charge in [0.25, 0.3) is 0 Å². The van der Waals surface area contributed by atoms with Crippen molar-refractivity contribution in [3.05, 3.63) is 34.6 Å². The summed E-state index contributed by atoms with van der Waals surface area (Å²) in [5.41, 5.74) is 1.10. The fourth-order valence-corrected chi connectivity index (χ4v) is 5.07. The van der Waals surface area contributed by atoms with Gasteiger partial charge in [0.15, 0.2) is 0 Å². The molecule has 0 heterocycles. The number of halogens is 3. The van der Waals surface area contributed by atoms with Crippen molar-refractivity contribution >= 4 is 27.5 Å². The quantitative estimate of drug-likeness (QED) is 0.666. The van der Waals surface area contributed by atoms with Crippen molar-refractivity contribution < 1.29 is 4.39 Å². The highest BCUT2D eigenvalue weighted by Gasteiger charge is 2.50. The summed E-state index contributed by atoms with van der Waals surface area (Å²) in [6.45, 7) is 0. The Bertz CT molecular complexity index is 462. The van der Waals surface area contributed by atoms with Gasteiger partial charge in [0.2, 0.25) is 0 Å². The average molecular weight is 332 g/mol. The Labute approximate surface area is 121 Å². The molecule has 1 aromatic rings. The molecule has 0 nitrogen and oxygen atoms in total. The molecule has 0 radical (unpaired) electrons. The molecule has 0 aliphatic heterocycles. The van der Waals surface area contributed by atoms with Crippen LogP contribution in [-0.4, -0.2) is 5.33 Å². The van der Waals surface area contributed by atoms with Crippen molar-refractivity contribution in [2.24, 2.45) is 17.3 Å². The van der Waals surface area contributed by atoms with Crippen LogP contribution in [-0.2, 0) is 6.42 Å². The molecular formula is C15H17BrClF. The first kappa shape index (κ1) is 12.9. The minimum absolute atomic E-state index is 0.148. The van der Waals surface area contributed by atoms with Crippen LogP contribution < -0.4 is 0 Å². The first-order valence-electron chi connectivity index (χ1n) is 6.63. The van der Waals surface area contributed by atoms with E-state index < -0.39 is 0 Å². The van der Waals surface area contributed by atoms with Crippen molar-refractivity contribution in [2.75, 3.05) is 5.33 Å². The maximum Gasteiger partial charge on any atom is 0.127 e. The van der Waals surface area contributed by atoms with E-state index in [9.17, 15) is 4.39 Å². The summed E-state index contributed by atoms with van der Waals surface area (Å²) in [6, 6.07) is 5.09. The Balaban J connectivity index is 1.86. The average Bonchev–Trinajstić information content (AvgIpc) is 2.93. The van der Waals surface area contributed by atoms with E-state index in [1.165, 1.54) is 31.7 Å². The van der Waals surface area contributed by atoms with E-state index in [-0.39, 0.29) is 11.2 Å². The van der Waals surface area contributed by atoms with Crippen molar-refractivity contribution in [3.8, 4) is 0 Å². The van der Waals surface area contributed by atoms with Gasteiger partial charge < -0.3 is 0 Å². The van der Waals surface area contributed by atoms with Crippen molar-refractivity contribution in [1.82, 2.24) is 0 Å². The summed E-state index contributed by atoms with van der Waals surface area (Å²) in [5.74, 6) is 1.51. The third-order valence-electron chi connectivity index (χ3n) is 4.93. The summed E-state index contributed by atoms with van der Waals surface area (Å²) in [5, 5.41) is 1.47. The van der Waals surface area contributed by atoms with Crippen LogP contribution in [0.15, 0.2) is 18.2 Å². The fourth-order valence-electron chi connectivity index (χ4n) is 4.03. The third-order valence-corrected chi connectivity index (χ3v) is 6.28.